The minimum atomic E-state index is -1.15. The Bertz CT molecular complexity index is 1040. The number of hydrogen-bond donors (Lipinski definition) is 2. The van der Waals surface area contributed by atoms with Gasteiger partial charge in [0.25, 0.3) is 0 Å². The fourth-order valence-electron chi connectivity index (χ4n) is 3.26. The number of nitrogens with one attached hydrogen (secondary N) is 2. The molecular formula is C24H29N3O8. The SMILES string of the molecule is COC(=O)[C@@H](Cc1ccc(OC)c([N+](=O)[O-])c1)NC(=O)[C@@H](NC(=O)OCc1ccccc1)C(C)C. The maximum Gasteiger partial charge on any atom is 0.408 e. The lowest BCUT2D eigenvalue weighted by atomic mass is 10.0. The standard InChI is InChI=1S/C24H29N3O8/c1-15(2)21(26-24(30)35-14-16-8-6-5-7-9-16)22(28)25-18(23(29)34-4)12-17-10-11-20(33-3)19(13-17)27(31)32/h5-11,13,15,18,21H,12,14H2,1-4H3,(H,25,28)(H,26,30)/t18-,21+/m1/s1. The topological polar surface area (TPSA) is 146 Å². The summed E-state index contributed by atoms with van der Waals surface area (Å²) in [6.07, 6.45) is -0.866. The molecule has 0 heterocycles. The van der Waals surface area contributed by atoms with Crippen molar-refractivity contribution in [1.29, 1.82) is 0 Å². The molecule has 0 fully saturated rings. The van der Waals surface area contributed by atoms with Crippen LogP contribution in [0.25, 0.3) is 0 Å². The second kappa shape index (κ2) is 12.9. The third kappa shape index (κ3) is 7.98. The molecule has 11 heteroatoms. The van der Waals surface area contributed by atoms with Gasteiger partial charge in [-0.05, 0) is 23.1 Å². The van der Waals surface area contributed by atoms with E-state index in [-0.39, 0.29) is 30.4 Å². The molecule has 0 spiro atoms. The van der Waals surface area contributed by atoms with Gasteiger partial charge in [0.05, 0.1) is 19.1 Å². The summed E-state index contributed by atoms with van der Waals surface area (Å²) in [4.78, 5) is 48.3. The second-order valence-corrected chi connectivity index (χ2v) is 7.98. The van der Waals surface area contributed by atoms with Crippen molar-refractivity contribution >= 4 is 23.7 Å². The van der Waals surface area contributed by atoms with E-state index >= 15 is 0 Å². The Balaban J connectivity index is 2.11. The normalized spacial score (nSPS) is 12.3. The number of nitro benzene ring substituents is 1. The first-order chi connectivity index (χ1) is 16.7. The molecular weight excluding hydrogens is 458 g/mol. The van der Waals surface area contributed by atoms with Crippen LogP contribution < -0.4 is 15.4 Å². The number of amides is 2. The second-order valence-electron chi connectivity index (χ2n) is 7.98. The van der Waals surface area contributed by atoms with Crippen LogP contribution in [-0.2, 0) is 32.1 Å². The Labute approximate surface area is 202 Å². The van der Waals surface area contributed by atoms with Gasteiger partial charge >= 0.3 is 17.7 Å². The number of hydrogen-bond acceptors (Lipinski definition) is 8. The third-order valence-electron chi connectivity index (χ3n) is 5.12. The molecule has 2 aromatic rings. The molecule has 0 aliphatic rings. The summed E-state index contributed by atoms with van der Waals surface area (Å²) in [7, 11) is 2.47. The Kier molecular flexibility index (Phi) is 10.0. The van der Waals surface area contributed by atoms with Crippen molar-refractivity contribution in [3.63, 3.8) is 0 Å². The van der Waals surface area contributed by atoms with Crippen LogP contribution in [0.5, 0.6) is 5.75 Å². The first-order valence-corrected chi connectivity index (χ1v) is 10.8. The molecule has 0 bridgehead atoms. The lowest BCUT2D eigenvalue weighted by Crippen LogP contribution is -2.54. The molecule has 2 rings (SSSR count). The van der Waals surface area contributed by atoms with Crippen LogP contribution in [0.15, 0.2) is 48.5 Å². The highest BCUT2D eigenvalue weighted by Crippen LogP contribution is 2.28. The first-order valence-electron chi connectivity index (χ1n) is 10.8. The molecule has 2 aromatic carbocycles. The Morgan fingerprint density at radius 1 is 1.00 bits per heavy atom. The van der Waals surface area contributed by atoms with Crippen LogP contribution >= 0.6 is 0 Å². The Morgan fingerprint density at radius 3 is 2.26 bits per heavy atom. The average molecular weight is 488 g/mol. The smallest absolute Gasteiger partial charge is 0.408 e. The van der Waals surface area contributed by atoms with E-state index in [4.69, 9.17) is 14.2 Å². The molecule has 0 saturated carbocycles. The molecule has 0 aromatic heterocycles. The van der Waals surface area contributed by atoms with Gasteiger partial charge in [-0.1, -0.05) is 50.2 Å². The van der Waals surface area contributed by atoms with E-state index < -0.39 is 35.0 Å². The van der Waals surface area contributed by atoms with Gasteiger partial charge in [-0.25, -0.2) is 9.59 Å². The maximum absolute atomic E-state index is 13.0. The monoisotopic (exact) mass is 487 g/mol. The number of nitrogens with zero attached hydrogens (tertiary/aromatic N) is 1. The highest BCUT2D eigenvalue weighted by atomic mass is 16.6. The van der Waals surface area contributed by atoms with Gasteiger partial charge in [0.1, 0.15) is 18.7 Å². The molecule has 0 radical (unpaired) electrons. The van der Waals surface area contributed by atoms with Crippen molar-refractivity contribution in [2.45, 2.75) is 39.0 Å². The first kappa shape index (κ1) is 27.1. The Morgan fingerprint density at radius 2 is 1.69 bits per heavy atom. The zero-order valence-corrected chi connectivity index (χ0v) is 20.0. The fraction of sp³-hybridized carbons (Fsp3) is 0.375. The largest absolute Gasteiger partial charge is 0.490 e. The summed E-state index contributed by atoms with van der Waals surface area (Å²) in [6.45, 7) is 3.48. The van der Waals surface area contributed by atoms with E-state index in [0.717, 1.165) is 12.7 Å². The molecule has 188 valence electrons. The summed E-state index contributed by atoms with van der Waals surface area (Å²) in [5, 5.41) is 16.4. The number of rotatable bonds is 11. The van der Waals surface area contributed by atoms with Crippen molar-refractivity contribution in [1.82, 2.24) is 10.6 Å². The fourth-order valence-corrected chi connectivity index (χ4v) is 3.26. The number of methoxy groups -OCH3 is 2. The van der Waals surface area contributed by atoms with E-state index in [9.17, 15) is 24.5 Å². The molecule has 0 aliphatic heterocycles. The van der Waals surface area contributed by atoms with Crippen LogP contribution in [-0.4, -0.2) is 49.2 Å². The van der Waals surface area contributed by atoms with E-state index in [1.54, 1.807) is 32.0 Å². The van der Waals surface area contributed by atoms with Crippen LogP contribution in [0.3, 0.4) is 0 Å². The number of carbonyl (C=O) groups excluding carboxylic acids is 3. The quantitative estimate of drug-likeness (QED) is 0.279. The van der Waals surface area contributed by atoms with Crippen LogP contribution in [0.2, 0.25) is 0 Å². The average Bonchev–Trinajstić information content (AvgIpc) is 2.85. The Hall–Kier alpha value is -4.15. The minimum Gasteiger partial charge on any atom is -0.490 e. The van der Waals surface area contributed by atoms with Gasteiger partial charge < -0.3 is 24.8 Å². The lowest BCUT2D eigenvalue weighted by molar-refractivity contribution is -0.385. The zero-order valence-electron chi connectivity index (χ0n) is 20.0. The molecule has 2 atom stereocenters. The van der Waals surface area contributed by atoms with Crippen LogP contribution in [0.1, 0.15) is 25.0 Å². The number of benzene rings is 2. The molecule has 11 nitrogen and oxygen atoms in total. The molecule has 35 heavy (non-hydrogen) atoms. The maximum atomic E-state index is 13.0. The van der Waals surface area contributed by atoms with Crippen molar-refractivity contribution in [2.75, 3.05) is 14.2 Å². The molecule has 0 aliphatic carbocycles. The van der Waals surface area contributed by atoms with E-state index in [1.165, 1.54) is 19.2 Å². The number of ether oxygens (including phenoxy) is 3. The predicted molar refractivity (Wildman–Crippen MR) is 126 cm³/mol. The van der Waals surface area contributed by atoms with E-state index in [1.807, 2.05) is 18.2 Å². The molecule has 0 unspecified atom stereocenters. The van der Waals surface area contributed by atoms with Crippen molar-refractivity contribution < 1.29 is 33.5 Å². The van der Waals surface area contributed by atoms with Crippen molar-refractivity contribution in [3.05, 3.63) is 69.8 Å². The van der Waals surface area contributed by atoms with Gasteiger partial charge in [-0.3, -0.25) is 14.9 Å². The minimum absolute atomic E-state index is 0.0279. The number of carbonyl (C=O) groups is 3. The third-order valence-corrected chi connectivity index (χ3v) is 5.12. The van der Waals surface area contributed by atoms with Gasteiger partial charge in [-0.15, -0.1) is 0 Å². The van der Waals surface area contributed by atoms with E-state index in [0.29, 0.717) is 5.56 Å². The molecule has 2 N–H and O–H groups in total. The summed E-state index contributed by atoms with van der Waals surface area (Å²) in [5.74, 6) is -1.64. The van der Waals surface area contributed by atoms with E-state index in [2.05, 4.69) is 10.6 Å². The highest BCUT2D eigenvalue weighted by Gasteiger charge is 2.30. The zero-order chi connectivity index (χ0) is 26.0. The molecule has 2 amide bonds. The van der Waals surface area contributed by atoms with Gasteiger partial charge in [0, 0.05) is 12.5 Å². The van der Waals surface area contributed by atoms with Crippen molar-refractivity contribution in [2.24, 2.45) is 5.92 Å². The summed E-state index contributed by atoms with van der Waals surface area (Å²) < 4.78 is 15.0. The van der Waals surface area contributed by atoms with Gasteiger partial charge in [-0.2, -0.15) is 0 Å². The summed E-state index contributed by atoms with van der Waals surface area (Å²) in [6, 6.07) is 11.1. The predicted octanol–water partition coefficient (Wildman–Crippen LogP) is 2.75. The lowest BCUT2D eigenvalue weighted by Gasteiger charge is -2.24. The van der Waals surface area contributed by atoms with Crippen molar-refractivity contribution in [3.8, 4) is 5.75 Å². The number of nitro groups is 1. The van der Waals surface area contributed by atoms with Crippen LogP contribution in [0.4, 0.5) is 10.5 Å². The van der Waals surface area contributed by atoms with Gasteiger partial charge in [0.2, 0.25) is 5.91 Å². The summed E-state index contributed by atoms with van der Waals surface area (Å²) in [5.41, 5.74) is 0.917. The highest BCUT2D eigenvalue weighted by molar-refractivity contribution is 5.90. The number of alkyl carbamates (subject to hydrolysis) is 1. The molecule has 0 saturated heterocycles. The number of esters is 1. The summed E-state index contributed by atoms with van der Waals surface area (Å²) >= 11 is 0. The van der Waals surface area contributed by atoms with Crippen LogP contribution in [0, 0.1) is 16.0 Å². The van der Waals surface area contributed by atoms with Gasteiger partial charge in [0.15, 0.2) is 5.75 Å².